The molecular weight excluding hydrogens is 286 g/mol. The number of rotatable bonds is 5. The van der Waals surface area contributed by atoms with Gasteiger partial charge in [-0.2, -0.15) is 0 Å². The number of carbonyl (C=O) groups excluding carboxylic acids is 1. The Morgan fingerprint density at radius 2 is 1.65 bits per heavy atom. The number of hydrogen-bond acceptors (Lipinski definition) is 2. The summed E-state index contributed by atoms with van der Waals surface area (Å²) < 4.78 is 5.63. The predicted molar refractivity (Wildman–Crippen MR) is 93.9 cm³/mol. The van der Waals surface area contributed by atoms with E-state index in [1.807, 2.05) is 39.0 Å². The van der Waals surface area contributed by atoms with Crippen LogP contribution in [0.5, 0.6) is 5.75 Å². The lowest BCUT2D eigenvalue weighted by Crippen LogP contribution is -2.31. The van der Waals surface area contributed by atoms with Crippen LogP contribution in [-0.2, 0) is 4.79 Å². The molecule has 3 heteroatoms. The maximum absolute atomic E-state index is 12.1. The zero-order valence-corrected chi connectivity index (χ0v) is 14.6. The average Bonchev–Trinajstić information content (AvgIpc) is 2.48. The Labute approximate surface area is 138 Å². The van der Waals surface area contributed by atoms with Crippen molar-refractivity contribution in [3.8, 4) is 5.75 Å². The molecule has 0 bridgehead atoms. The van der Waals surface area contributed by atoms with Gasteiger partial charge in [-0.3, -0.25) is 4.79 Å². The largest absolute Gasteiger partial charge is 0.484 e. The predicted octanol–water partition coefficient (Wildman–Crippen LogP) is 4.18. The second kappa shape index (κ2) is 7.32. The standard InChI is InChI=1S/C20H25NO2/c1-13-7-9-19(16(4)10-13)23-12-20(22)21-17(5)18-11-14(2)6-8-15(18)3/h6-11,17H,12H2,1-5H3,(H,21,22)/t17-/m1/s1. The van der Waals surface area contributed by atoms with E-state index < -0.39 is 0 Å². The van der Waals surface area contributed by atoms with Crippen LogP contribution in [0, 0.1) is 27.7 Å². The van der Waals surface area contributed by atoms with Gasteiger partial charge >= 0.3 is 0 Å². The minimum atomic E-state index is -0.113. The van der Waals surface area contributed by atoms with E-state index in [0.29, 0.717) is 0 Å². The molecule has 122 valence electrons. The first kappa shape index (κ1) is 17.1. The van der Waals surface area contributed by atoms with Gasteiger partial charge in [-0.05, 0) is 57.4 Å². The van der Waals surface area contributed by atoms with Crippen molar-refractivity contribution in [1.82, 2.24) is 5.32 Å². The molecule has 1 N–H and O–H groups in total. The van der Waals surface area contributed by atoms with Crippen LogP contribution in [0.4, 0.5) is 0 Å². The van der Waals surface area contributed by atoms with Gasteiger partial charge in [0.1, 0.15) is 5.75 Å². The van der Waals surface area contributed by atoms with E-state index in [1.54, 1.807) is 0 Å². The van der Waals surface area contributed by atoms with Crippen molar-refractivity contribution in [2.45, 2.75) is 40.7 Å². The second-order valence-electron chi connectivity index (χ2n) is 6.21. The first-order valence-corrected chi connectivity index (χ1v) is 7.93. The molecule has 2 aromatic rings. The lowest BCUT2D eigenvalue weighted by atomic mass is 10.00. The normalized spacial score (nSPS) is 11.9. The van der Waals surface area contributed by atoms with Crippen molar-refractivity contribution in [2.75, 3.05) is 6.61 Å². The molecule has 0 unspecified atom stereocenters. The number of carbonyl (C=O) groups is 1. The van der Waals surface area contributed by atoms with Crippen molar-refractivity contribution >= 4 is 5.91 Å². The maximum atomic E-state index is 12.1. The van der Waals surface area contributed by atoms with Crippen molar-refractivity contribution in [3.63, 3.8) is 0 Å². The average molecular weight is 311 g/mol. The van der Waals surface area contributed by atoms with Gasteiger partial charge < -0.3 is 10.1 Å². The van der Waals surface area contributed by atoms with Crippen molar-refractivity contribution < 1.29 is 9.53 Å². The lowest BCUT2D eigenvalue weighted by Gasteiger charge is -2.18. The van der Waals surface area contributed by atoms with Crippen molar-refractivity contribution in [2.24, 2.45) is 0 Å². The van der Waals surface area contributed by atoms with Crippen LogP contribution in [0.1, 0.15) is 40.8 Å². The van der Waals surface area contributed by atoms with Gasteiger partial charge in [0.25, 0.3) is 5.91 Å². The van der Waals surface area contributed by atoms with Gasteiger partial charge in [-0.15, -0.1) is 0 Å². The highest BCUT2D eigenvalue weighted by atomic mass is 16.5. The zero-order valence-electron chi connectivity index (χ0n) is 14.6. The third-order valence-corrected chi connectivity index (χ3v) is 3.97. The smallest absolute Gasteiger partial charge is 0.258 e. The Balaban J connectivity index is 1.95. The summed E-state index contributed by atoms with van der Waals surface area (Å²) in [7, 11) is 0. The number of benzene rings is 2. The van der Waals surface area contributed by atoms with Crippen LogP contribution in [-0.4, -0.2) is 12.5 Å². The van der Waals surface area contributed by atoms with E-state index in [2.05, 4.69) is 37.4 Å². The molecule has 0 aliphatic rings. The highest BCUT2D eigenvalue weighted by Gasteiger charge is 2.13. The van der Waals surface area contributed by atoms with Crippen LogP contribution < -0.4 is 10.1 Å². The highest BCUT2D eigenvalue weighted by Crippen LogP contribution is 2.20. The number of aryl methyl sites for hydroxylation is 4. The summed E-state index contributed by atoms with van der Waals surface area (Å²) in [6, 6.07) is 12.2. The van der Waals surface area contributed by atoms with Gasteiger partial charge in [-0.1, -0.05) is 41.5 Å². The van der Waals surface area contributed by atoms with Crippen molar-refractivity contribution in [1.29, 1.82) is 0 Å². The number of hydrogen-bond donors (Lipinski definition) is 1. The molecule has 0 saturated heterocycles. The molecule has 0 aromatic heterocycles. The van der Waals surface area contributed by atoms with Crippen LogP contribution in [0.25, 0.3) is 0 Å². The zero-order chi connectivity index (χ0) is 17.0. The van der Waals surface area contributed by atoms with Crippen LogP contribution in [0.3, 0.4) is 0 Å². The monoisotopic (exact) mass is 311 g/mol. The molecule has 23 heavy (non-hydrogen) atoms. The summed E-state index contributed by atoms with van der Waals surface area (Å²) in [6.07, 6.45) is 0. The third kappa shape index (κ3) is 4.59. The minimum absolute atomic E-state index is 0.0269. The summed E-state index contributed by atoms with van der Waals surface area (Å²) in [5, 5.41) is 3.00. The molecule has 0 fully saturated rings. The Kier molecular flexibility index (Phi) is 5.43. The van der Waals surface area contributed by atoms with Gasteiger partial charge in [0.15, 0.2) is 6.61 Å². The molecule has 0 spiro atoms. The van der Waals surface area contributed by atoms with Gasteiger partial charge in [-0.25, -0.2) is 0 Å². The molecule has 2 aromatic carbocycles. The number of nitrogens with one attached hydrogen (secondary N) is 1. The number of amides is 1. The SMILES string of the molecule is Cc1ccc(OCC(=O)N[C@H](C)c2cc(C)ccc2C)c(C)c1. The van der Waals surface area contributed by atoms with Crippen LogP contribution >= 0.6 is 0 Å². The molecule has 0 radical (unpaired) electrons. The first-order chi connectivity index (χ1) is 10.9. The Morgan fingerprint density at radius 1 is 1.00 bits per heavy atom. The van der Waals surface area contributed by atoms with Gasteiger partial charge in [0.2, 0.25) is 0 Å². The molecule has 0 aliphatic carbocycles. The van der Waals surface area contributed by atoms with E-state index in [-0.39, 0.29) is 18.6 Å². The molecule has 3 nitrogen and oxygen atoms in total. The van der Waals surface area contributed by atoms with Crippen LogP contribution in [0.15, 0.2) is 36.4 Å². The van der Waals surface area contributed by atoms with Gasteiger partial charge in [0, 0.05) is 0 Å². The molecule has 0 saturated carbocycles. The number of ether oxygens (including phenoxy) is 1. The topological polar surface area (TPSA) is 38.3 Å². The summed E-state index contributed by atoms with van der Waals surface area (Å²) >= 11 is 0. The fraction of sp³-hybridized carbons (Fsp3) is 0.350. The first-order valence-electron chi connectivity index (χ1n) is 7.93. The summed E-state index contributed by atoms with van der Waals surface area (Å²) in [5.41, 5.74) is 5.74. The Hall–Kier alpha value is -2.29. The van der Waals surface area contributed by atoms with E-state index in [0.717, 1.165) is 16.9 Å². The highest BCUT2D eigenvalue weighted by molar-refractivity contribution is 5.78. The fourth-order valence-electron chi connectivity index (χ4n) is 2.69. The molecule has 2 rings (SSSR count). The quantitative estimate of drug-likeness (QED) is 0.899. The summed E-state index contributed by atoms with van der Waals surface area (Å²) in [5.74, 6) is 0.642. The molecular formula is C20H25NO2. The third-order valence-electron chi connectivity index (χ3n) is 3.97. The minimum Gasteiger partial charge on any atom is -0.484 e. The fourth-order valence-corrected chi connectivity index (χ4v) is 2.69. The van der Waals surface area contributed by atoms with E-state index in [1.165, 1.54) is 16.7 Å². The van der Waals surface area contributed by atoms with E-state index in [9.17, 15) is 4.79 Å². The van der Waals surface area contributed by atoms with Gasteiger partial charge in [0.05, 0.1) is 6.04 Å². The van der Waals surface area contributed by atoms with E-state index in [4.69, 9.17) is 4.74 Å². The second-order valence-corrected chi connectivity index (χ2v) is 6.21. The Morgan fingerprint density at radius 3 is 2.35 bits per heavy atom. The summed E-state index contributed by atoms with van der Waals surface area (Å²) in [4.78, 5) is 12.1. The molecule has 0 heterocycles. The molecule has 0 aliphatic heterocycles. The molecule has 1 amide bonds. The summed E-state index contributed by atoms with van der Waals surface area (Å²) in [6.45, 7) is 10.2. The van der Waals surface area contributed by atoms with Crippen molar-refractivity contribution in [3.05, 3.63) is 64.2 Å². The maximum Gasteiger partial charge on any atom is 0.258 e. The van der Waals surface area contributed by atoms with E-state index >= 15 is 0 Å². The lowest BCUT2D eigenvalue weighted by molar-refractivity contribution is -0.123. The molecule has 1 atom stereocenters. The Bertz CT molecular complexity index is 707. The van der Waals surface area contributed by atoms with Crippen LogP contribution in [0.2, 0.25) is 0 Å².